The molecule has 7 nitrogen and oxygen atoms in total. The number of aryl methyl sites for hydroxylation is 2. The van der Waals surface area contributed by atoms with E-state index in [1.54, 1.807) is 4.68 Å². The van der Waals surface area contributed by atoms with Crippen molar-refractivity contribution in [2.45, 2.75) is 20.4 Å². The Bertz CT molecular complexity index is 1420. The highest BCUT2D eigenvalue weighted by Crippen LogP contribution is 2.28. The first-order valence-electron chi connectivity index (χ1n) is 10.3. The van der Waals surface area contributed by atoms with Gasteiger partial charge in [-0.25, -0.2) is 0 Å². The van der Waals surface area contributed by atoms with Gasteiger partial charge in [0.25, 0.3) is 5.89 Å². The van der Waals surface area contributed by atoms with E-state index < -0.39 is 0 Å². The number of nitrogens with zero attached hydrogens (tertiary/aromatic N) is 4. The molecule has 0 bridgehead atoms. The molecule has 0 radical (unpaired) electrons. The molecule has 0 aliphatic carbocycles. The highest BCUT2D eigenvalue weighted by molar-refractivity contribution is 5.94. The van der Waals surface area contributed by atoms with Crippen molar-refractivity contribution < 1.29 is 9.32 Å². The Kier molecular flexibility index (Phi) is 4.99. The Morgan fingerprint density at radius 1 is 0.969 bits per heavy atom. The summed E-state index contributed by atoms with van der Waals surface area (Å²) < 4.78 is 7.20. The predicted octanol–water partition coefficient (Wildman–Crippen LogP) is 5.01. The third-order valence-electron chi connectivity index (χ3n) is 5.19. The maximum Gasteiger partial charge on any atom is 0.279 e. The van der Waals surface area contributed by atoms with Crippen LogP contribution in [0.15, 0.2) is 77.3 Å². The normalized spacial score (nSPS) is 11.1. The van der Waals surface area contributed by atoms with E-state index in [-0.39, 0.29) is 12.5 Å². The number of para-hydroxylation sites is 1. The first kappa shape index (κ1) is 19.7. The van der Waals surface area contributed by atoms with Gasteiger partial charge in [-0.15, -0.1) is 0 Å². The number of carbonyl (C=O) groups is 1. The molecule has 7 heteroatoms. The number of amides is 1. The van der Waals surface area contributed by atoms with Gasteiger partial charge in [0.05, 0.1) is 5.52 Å². The molecule has 0 atom stereocenters. The van der Waals surface area contributed by atoms with Gasteiger partial charge < -0.3 is 9.84 Å². The molecule has 1 amide bonds. The fourth-order valence-corrected chi connectivity index (χ4v) is 3.60. The summed E-state index contributed by atoms with van der Waals surface area (Å²) in [6.07, 6.45) is 0. The van der Waals surface area contributed by atoms with Gasteiger partial charge >= 0.3 is 0 Å². The molecule has 3 aromatic carbocycles. The van der Waals surface area contributed by atoms with Crippen molar-refractivity contribution in [3.05, 3.63) is 83.9 Å². The van der Waals surface area contributed by atoms with Crippen molar-refractivity contribution >= 4 is 22.5 Å². The highest BCUT2D eigenvalue weighted by atomic mass is 16.5. The fourth-order valence-electron chi connectivity index (χ4n) is 3.60. The number of fused-ring (bicyclic) bond motifs is 1. The number of hydrogen-bond donors (Lipinski definition) is 1. The Labute approximate surface area is 184 Å². The van der Waals surface area contributed by atoms with Gasteiger partial charge in [0.1, 0.15) is 6.54 Å². The van der Waals surface area contributed by atoms with Crippen LogP contribution in [0, 0.1) is 13.8 Å². The summed E-state index contributed by atoms with van der Waals surface area (Å²) in [6.45, 7) is 4.08. The monoisotopic (exact) mass is 423 g/mol. The van der Waals surface area contributed by atoms with Gasteiger partial charge in [0.15, 0.2) is 5.69 Å². The van der Waals surface area contributed by atoms with Crippen molar-refractivity contribution in [2.24, 2.45) is 0 Å². The molecule has 0 saturated heterocycles. The second-order valence-electron chi connectivity index (χ2n) is 7.73. The molecule has 0 unspecified atom stereocenters. The van der Waals surface area contributed by atoms with E-state index in [0.29, 0.717) is 17.4 Å². The number of carbonyl (C=O) groups excluding carboxylic acids is 1. The van der Waals surface area contributed by atoms with Crippen LogP contribution < -0.4 is 5.32 Å². The number of anilines is 1. The molecule has 0 aliphatic heterocycles. The van der Waals surface area contributed by atoms with Crippen LogP contribution in [-0.2, 0) is 11.3 Å². The maximum absolute atomic E-state index is 12.7. The van der Waals surface area contributed by atoms with Crippen LogP contribution in [0.5, 0.6) is 0 Å². The van der Waals surface area contributed by atoms with Crippen LogP contribution >= 0.6 is 0 Å². The average Bonchev–Trinajstić information content (AvgIpc) is 3.41. The van der Waals surface area contributed by atoms with Crippen molar-refractivity contribution in [1.82, 2.24) is 19.9 Å². The maximum atomic E-state index is 12.7. The third-order valence-corrected chi connectivity index (χ3v) is 5.19. The molecule has 2 aromatic heterocycles. The van der Waals surface area contributed by atoms with E-state index in [9.17, 15) is 4.79 Å². The molecule has 0 aliphatic rings. The van der Waals surface area contributed by atoms with Gasteiger partial charge in [-0.3, -0.25) is 9.48 Å². The lowest BCUT2D eigenvalue weighted by Crippen LogP contribution is -2.19. The van der Waals surface area contributed by atoms with E-state index in [1.165, 1.54) is 0 Å². The fraction of sp³-hybridized carbons (Fsp3) is 0.120. The molecule has 5 rings (SSSR count). The van der Waals surface area contributed by atoms with E-state index in [0.717, 1.165) is 33.3 Å². The van der Waals surface area contributed by atoms with Crippen molar-refractivity contribution in [3.8, 4) is 23.0 Å². The van der Waals surface area contributed by atoms with E-state index in [2.05, 4.69) is 20.6 Å². The van der Waals surface area contributed by atoms with E-state index in [1.807, 2.05) is 86.6 Å². The lowest BCUT2D eigenvalue weighted by molar-refractivity contribution is -0.116. The number of benzene rings is 3. The topological polar surface area (TPSA) is 85.8 Å². The van der Waals surface area contributed by atoms with Gasteiger partial charge in [-0.05, 0) is 38.1 Å². The van der Waals surface area contributed by atoms with E-state index >= 15 is 0 Å². The largest absolute Gasteiger partial charge is 0.332 e. The van der Waals surface area contributed by atoms with Gasteiger partial charge in [-0.1, -0.05) is 64.8 Å². The average molecular weight is 423 g/mol. The second kappa shape index (κ2) is 8.11. The van der Waals surface area contributed by atoms with Gasteiger partial charge in [0, 0.05) is 16.6 Å². The lowest BCUT2D eigenvalue weighted by atomic mass is 10.1. The molecular formula is C25H21N5O2. The minimum atomic E-state index is -0.167. The Hall–Kier alpha value is -4.26. The molecular weight excluding hydrogens is 402 g/mol. The number of rotatable bonds is 5. The van der Waals surface area contributed by atoms with Crippen molar-refractivity contribution in [1.29, 1.82) is 0 Å². The number of nitrogens with one attached hydrogen (secondary N) is 1. The molecule has 32 heavy (non-hydrogen) atoms. The molecule has 1 N–H and O–H groups in total. The third kappa shape index (κ3) is 3.88. The minimum Gasteiger partial charge on any atom is -0.332 e. The van der Waals surface area contributed by atoms with Crippen LogP contribution in [-0.4, -0.2) is 25.8 Å². The van der Waals surface area contributed by atoms with Crippen molar-refractivity contribution in [3.63, 3.8) is 0 Å². The second-order valence-corrected chi connectivity index (χ2v) is 7.73. The SMILES string of the molecule is Cc1ccc(NC(=O)Cn2nc(-c3nc(-c4cccc(C)c4)no3)c3ccccc32)cc1. The zero-order chi connectivity index (χ0) is 22.1. The molecule has 5 aromatic rings. The van der Waals surface area contributed by atoms with E-state index in [4.69, 9.17) is 4.52 Å². The summed E-state index contributed by atoms with van der Waals surface area (Å²) in [7, 11) is 0. The van der Waals surface area contributed by atoms with Crippen LogP contribution in [0.1, 0.15) is 11.1 Å². The molecule has 158 valence electrons. The summed E-state index contributed by atoms with van der Waals surface area (Å²) in [6, 6.07) is 23.3. The highest BCUT2D eigenvalue weighted by Gasteiger charge is 2.19. The molecule has 2 heterocycles. The standard InChI is InChI=1S/C25H21N5O2/c1-16-10-12-19(13-11-16)26-22(31)15-30-21-9-4-3-8-20(21)23(28-30)25-27-24(29-32-25)18-7-5-6-17(2)14-18/h3-14H,15H2,1-2H3,(H,26,31). The Balaban J connectivity index is 1.45. The summed E-state index contributed by atoms with van der Waals surface area (Å²) in [5, 5.41) is 12.5. The smallest absolute Gasteiger partial charge is 0.279 e. The zero-order valence-corrected chi connectivity index (χ0v) is 17.7. The summed E-state index contributed by atoms with van der Waals surface area (Å²) in [4.78, 5) is 17.2. The van der Waals surface area contributed by atoms with Gasteiger partial charge in [0.2, 0.25) is 11.7 Å². The Morgan fingerprint density at radius 3 is 2.59 bits per heavy atom. The lowest BCUT2D eigenvalue weighted by Gasteiger charge is -2.06. The summed E-state index contributed by atoms with van der Waals surface area (Å²) >= 11 is 0. The van der Waals surface area contributed by atoms with Crippen LogP contribution in [0.2, 0.25) is 0 Å². The van der Waals surface area contributed by atoms with Crippen molar-refractivity contribution in [2.75, 3.05) is 5.32 Å². The molecule has 0 fully saturated rings. The first-order valence-corrected chi connectivity index (χ1v) is 10.3. The van der Waals surface area contributed by atoms with Crippen LogP contribution in [0.3, 0.4) is 0 Å². The first-order chi connectivity index (χ1) is 15.6. The number of aromatic nitrogens is 4. The van der Waals surface area contributed by atoms with Crippen LogP contribution in [0.25, 0.3) is 33.9 Å². The Morgan fingerprint density at radius 2 is 1.78 bits per heavy atom. The minimum absolute atomic E-state index is 0.0628. The van der Waals surface area contributed by atoms with Gasteiger partial charge in [-0.2, -0.15) is 10.1 Å². The molecule has 0 saturated carbocycles. The summed E-state index contributed by atoms with van der Waals surface area (Å²) in [5.41, 5.74) is 5.24. The summed E-state index contributed by atoms with van der Waals surface area (Å²) in [5.74, 6) is 0.648. The zero-order valence-electron chi connectivity index (χ0n) is 17.7. The number of hydrogen-bond acceptors (Lipinski definition) is 5. The molecule has 0 spiro atoms. The quantitative estimate of drug-likeness (QED) is 0.429. The van der Waals surface area contributed by atoms with Crippen LogP contribution in [0.4, 0.5) is 5.69 Å². The predicted molar refractivity (Wildman–Crippen MR) is 123 cm³/mol.